The van der Waals surface area contributed by atoms with Crippen LogP contribution in [0.1, 0.15) is 24.0 Å². The van der Waals surface area contributed by atoms with Gasteiger partial charge >= 0.3 is 0 Å². The van der Waals surface area contributed by atoms with E-state index in [-0.39, 0.29) is 5.41 Å². The molecule has 26 heavy (non-hydrogen) atoms. The normalized spacial score (nSPS) is 15.4. The highest BCUT2D eigenvalue weighted by Crippen LogP contribution is 2.47. The molecule has 2 aromatic carbocycles. The second-order valence-corrected chi connectivity index (χ2v) is 6.97. The molecule has 6 heteroatoms. The highest BCUT2D eigenvalue weighted by molar-refractivity contribution is 6.30. The number of methoxy groups -OCH3 is 2. The molecular weight excluding hydrogens is 350 g/mol. The van der Waals surface area contributed by atoms with Crippen LogP contribution in [0, 0.1) is 0 Å². The molecule has 1 aliphatic carbocycles. The summed E-state index contributed by atoms with van der Waals surface area (Å²) < 4.78 is 10.6. The smallest absolute Gasteiger partial charge is 0.188 e. The van der Waals surface area contributed by atoms with Crippen LogP contribution in [0.2, 0.25) is 5.02 Å². The van der Waals surface area contributed by atoms with Crippen LogP contribution < -0.4 is 20.5 Å². The molecule has 0 aliphatic heterocycles. The van der Waals surface area contributed by atoms with E-state index in [1.807, 2.05) is 30.3 Å². The van der Waals surface area contributed by atoms with Crippen LogP contribution >= 0.6 is 11.6 Å². The summed E-state index contributed by atoms with van der Waals surface area (Å²) in [5.74, 6) is 1.83. The van der Waals surface area contributed by atoms with Crippen molar-refractivity contribution in [3.63, 3.8) is 0 Å². The molecule has 2 aromatic rings. The van der Waals surface area contributed by atoms with Gasteiger partial charge in [0.1, 0.15) is 0 Å². The third-order valence-corrected chi connectivity index (χ3v) is 5.05. The van der Waals surface area contributed by atoms with E-state index >= 15 is 0 Å². The molecule has 0 unspecified atom stereocenters. The zero-order valence-corrected chi connectivity index (χ0v) is 15.8. The molecule has 3 N–H and O–H groups in total. The number of nitrogens with one attached hydrogen (secondary N) is 1. The molecule has 1 aliphatic rings. The Labute approximate surface area is 159 Å². The zero-order chi connectivity index (χ0) is 18.6. The number of guanidine groups is 1. The first-order valence-corrected chi connectivity index (χ1v) is 8.95. The van der Waals surface area contributed by atoms with Gasteiger partial charge in [-0.05, 0) is 48.2 Å². The van der Waals surface area contributed by atoms with Crippen LogP contribution in [0.15, 0.2) is 47.5 Å². The lowest BCUT2D eigenvalue weighted by Gasteiger charge is -2.17. The van der Waals surface area contributed by atoms with E-state index in [2.05, 4.69) is 22.4 Å². The molecule has 0 saturated heterocycles. The van der Waals surface area contributed by atoms with Crippen molar-refractivity contribution in [1.82, 2.24) is 5.32 Å². The first kappa shape index (κ1) is 18.4. The largest absolute Gasteiger partial charge is 0.493 e. The van der Waals surface area contributed by atoms with Crippen LogP contribution in [0.5, 0.6) is 11.5 Å². The van der Waals surface area contributed by atoms with Gasteiger partial charge in [0.15, 0.2) is 17.5 Å². The number of rotatable bonds is 7. The van der Waals surface area contributed by atoms with E-state index in [0.717, 1.165) is 30.0 Å². The molecule has 0 amide bonds. The summed E-state index contributed by atoms with van der Waals surface area (Å²) in [4.78, 5) is 4.43. The van der Waals surface area contributed by atoms with E-state index in [4.69, 9.17) is 26.8 Å². The molecule has 0 heterocycles. The van der Waals surface area contributed by atoms with Crippen molar-refractivity contribution >= 4 is 17.6 Å². The van der Waals surface area contributed by atoms with Crippen LogP contribution in [-0.4, -0.2) is 26.7 Å². The monoisotopic (exact) mass is 373 g/mol. The predicted octanol–water partition coefficient (Wildman–Crippen LogP) is 3.49. The number of hydrogen-bond donors (Lipinski definition) is 2. The Morgan fingerprint density at radius 2 is 1.81 bits per heavy atom. The minimum absolute atomic E-state index is 0.147. The lowest BCUT2D eigenvalue weighted by atomic mass is 9.96. The quantitative estimate of drug-likeness (QED) is 0.575. The highest BCUT2D eigenvalue weighted by Gasteiger charge is 2.44. The van der Waals surface area contributed by atoms with Crippen molar-refractivity contribution < 1.29 is 9.47 Å². The minimum atomic E-state index is 0.147. The lowest BCUT2D eigenvalue weighted by molar-refractivity contribution is 0.354. The summed E-state index contributed by atoms with van der Waals surface area (Å²) in [6.45, 7) is 1.25. The van der Waals surface area contributed by atoms with Crippen LogP contribution in [0.4, 0.5) is 0 Å². The molecule has 0 aromatic heterocycles. The third-order valence-electron chi connectivity index (χ3n) is 4.80. The van der Waals surface area contributed by atoms with Crippen molar-refractivity contribution in [2.45, 2.75) is 24.8 Å². The molecule has 0 bridgehead atoms. The topological polar surface area (TPSA) is 68.9 Å². The van der Waals surface area contributed by atoms with Crippen molar-refractivity contribution in [3.05, 3.63) is 58.6 Å². The summed E-state index contributed by atoms with van der Waals surface area (Å²) >= 11 is 5.98. The van der Waals surface area contributed by atoms with Gasteiger partial charge in [0.2, 0.25) is 0 Å². The Hall–Kier alpha value is -2.40. The van der Waals surface area contributed by atoms with E-state index in [1.165, 1.54) is 5.56 Å². The SMILES string of the molecule is COc1ccc(CN=C(N)NCC2(c3ccc(Cl)cc3)CC2)cc1OC. The van der Waals surface area contributed by atoms with Crippen molar-refractivity contribution in [1.29, 1.82) is 0 Å². The average molecular weight is 374 g/mol. The average Bonchev–Trinajstić information content (AvgIpc) is 3.46. The van der Waals surface area contributed by atoms with E-state index in [1.54, 1.807) is 14.2 Å². The van der Waals surface area contributed by atoms with Gasteiger partial charge in [-0.3, -0.25) is 0 Å². The number of ether oxygens (including phenoxy) is 2. The highest BCUT2D eigenvalue weighted by atomic mass is 35.5. The maximum atomic E-state index is 6.05. The Kier molecular flexibility index (Phi) is 5.57. The Morgan fingerprint density at radius 1 is 1.12 bits per heavy atom. The van der Waals surface area contributed by atoms with E-state index in [9.17, 15) is 0 Å². The maximum Gasteiger partial charge on any atom is 0.188 e. The van der Waals surface area contributed by atoms with Gasteiger partial charge < -0.3 is 20.5 Å². The molecule has 1 fully saturated rings. The number of hydrogen-bond acceptors (Lipinski definition) is 3. The molecular formula is C20H24ClN3O2. The Morgan fingerprint density at radius 3 is 2.42 bits per heavy atom. The fraction of sp³-hybridized carbons (Fsp3) is 0.350. The van der Waals surface area contributed by atoms with Gasteiger partial charge in [0.05, 0.1) is 20.8 Å². The van der Waals surface area contributed by atoms with Crippen molar-refractivity contribution in [2.24, 2.45) is 10.7 Å². The molecule has 0 spiro atoms. The van der Waals surface area contributed by atoms with Gasteiger partial charge in [0.25, 0.3) is 0 Å². The summed E-state index contributed by atoms with van der Waals surface area (Å²) in [7, 11) is 3.23. The summed E-state index contributed by atoms with van der Waals surface area (Å²) in [5, 5.41) is 4.02. The van der Waals surface area contributed by atoms with Gasteiger partial charge in [-0.1, -0.05) is 29.8 Å². The Bertz CT molecular complexity index is 786. The molecule has 138 valence electrons. The fourth-order valence-corrected chi connectivity index (χ4v) is 3.12. The standard InChI is InChI=1S/C20H24ClN3O2/c1-25-17-8-3-14(11-18(17)26-2)12-23-19(22)24-13-20(9-10-20)15-4-6-16(21)7-5-15/h3-8,11H,9-10,12-13H2,1-2H3,(H3,22,23,24). The van der Waals surface area contributed by atoms with Crippen molar-refractivity contribution in [2.75, 3.05) is 20.8 Å². The first-order valence-electron chi connectivity index (χ1n) is 8.57. The van der Waals surface area contributed by atoms with Gasteiger partial charge in [0, 0.05) is 17.0 Å². The van der Waals surface area contributed by atoms with Crippen molar-refractivity contribution in [3.8, 4) is 11.5 Å². The number of nitrogens with zero attached hydrogens (tertiary/aromatic N) is 1. The second kappa shape index (κ2) is 7.87. The summed E-state index contributed by atoms with van der Waals surface area (Å²) in [5.41, 5.74) is 8.49. The summed E-state index contributed by atoms with van der Waals surface area (Å²) in [6, 6.07) is 13.8. The fourth-order valence-electron chi connectivity index (χ4n) is 2.99. The second-order valence-electron chi connectivity index (χ2n) is 6.53. The molecule has 1 saturated carbocycles. The van der Waals surface area contributed by atoms with Gasteiger partial charge in [-0.25, -0.2) is 4.99 Å². The molecule has 0 atom stereocenters. The van der Waals surface area contributed by atoms with Gasteiger partial charge in [-0.15, -0.1) is 0 Å². The number of nitrogens with two attached hydrogens (primary N) is 1. The van der Waals surface area contributed by atoms with Crippen LogP contribution in [0.3, 0.4) is 0 Å². The van der Waals surface area contributed by atoms with E-state index < -0.39 is 0 Å². The van der Waals surface area contributed by atoms with Crippen LogP contribution in [-0.2, 0) is 12.0 Å². The summed E-state index contributed by atoms with van der Waals surface area (Å²) in [6.07, 6.45) is 2.29. The number of halogens is 1. The molecule has 5 nitrogen and oxygen atoms in total. The first-order chi connectivity index (χ1) is 12.6. The number of benzene rings is 2. The molecule has 0 radical (unpaired) electrons. The molecule has 3 rings (SSSR count). The minimum Gasteiger partial charge on any atom is -0.493 e. The lowest BCUT2D eigenvalue weighted by Crippen LogP contribution is -2.37. The predicted molar refractivity (Wildman–Crippen MR) is 105 cm³/mol. The zero-order valence-electron chi connectivity index (χ0n) is 15.1. The van der Waals surface area contributed by atoms with E-state index in [0.29, 0.717) is 24.0 Å². The van der Waals surface area contributed by atoms with Gasteiger partial charge in [-0.2, -0.15) is 0 Å². The number of aliphatic imine (C=N–C) groups is 1. The van der Waals surface area contributed by atoms with Crippen LogP contribution in [0.25, 0.3) is 0 Å². The Balaban J connectivity index is 1.58. The third kappa shape index (κ3) is 4.22. The maximum absolute atomic E-state index is 6.05.